The molecule has 1 N–H and O–H groups in total. The standard InChI is InChI=1S/C14H29NO/c1-4-15-12-14(9-5-6-10-14)16-11-7-8-13(2)3/h13,15H,4-12H2,1-3H3. The highest BCUT2D eigenvalue weighted by Gasteiger charge is 2.33. The average molecular weight is 227 g/mol. The van der Waals surface area contributed by atoms with Gasteiger partial charge >= 0.3 is 0 Å². The van der Waals surface area contributed by atoms with Gasteiger partial charge in [-0.3, -0.25) is 0 Å². The van der Waals surface area contributed by atoms with Gasteiger partial charge in [0.25, 0.3) is 0 Å². The Labute approximate surface area is 101 Å². The second-order valence-corrected chi connectivity index (χ2v) is 5.55. The molecule has 1 fully saturated rings. The molecule has 16 heavy (non-hydrogen) atoms. The van der Waals surface area contributed by atoms with E-state index < -0.39 is 0 Å². The van der Waals surface area contributed by atoms with Crippen LogP contribution in [0.5, 0.6) is 0 Å². The van der Waals surface area contributed by atoms with E-state index in [1.54, 1.807) is 0 Å². The molecule has 0 aromatic heterocycles. The van der Waals surface area contributed by atoms with Crippen LogP contribution in [0.1, 0.15) is 59.3 Å². The maximum Gasteiger partial charge on any atom is 0.0806 e. The molecule has 1 rings (SSSR count). The molecule has 0 aliphatic heterocycles. The van der Waals surface area contributed by atoms with E-state index in [9.17, 15) is 0 Å². The highest BCUT2D eigenvalue weighted by Crippen LogP contribution is 2.32. The average Bonchev–Trinajstić information content (AvgIpc) is 2.71. The Morgan fingerprint density at radius 2 is 1.94 bits per heavy atom. The summed E-state index contributed by atoms with van der Waals surface area (Å²) in [4.78, 5) is 0. The summed E-state index contributed by atoms with van der Waals surface area (Å²) in [5.41, 5.74) is 0.174. The molecular formula is C14H29NO. The summed E-state index contributed by atoms with van der Waals surface area (Å²) in [5, 5.41) is 3.46. The van der Waals surface area contributed by atoms with E-state index in [0.29, 0.717) is 0 Å². The van der Waals surface area contributed by atoms with Gasteiger partial charge in [-0.25, -0.2) is 0 Å². The number of hydrogen-bond acceptors (Lipinski definition) is 2. The Bertz CT molecular complexity index is 174. The molecule has 0 saturated heterocycles. The summed E-state index contributed by atoms with van der Waals surface area (Å²) in [6, 6.07) is 0. The van der Waals surface area contributed by atoms with Crippen LogP contribution in [0.25, 0.3) is 0 Å². The van der Waals surface area contributed by atoms with Crippen molar-refractivity contribution in [1.29, 1.82) is 0 Å². The van der Waals surface area contributed by atoms with Crippen LogP contribution in [-0.2, 0) is 4.74 Å². The molecule has 0 aromatic carbocycles. The molecule has 2 heteroatoms. The Morgan fingerprint density at radius 1 is 1.25 bits per heavy atom. The smallest absolute Gasteiger partial charge is 0.0806 e. The van der Waals surface area contributed by atoms with Gasteiger partial charge in [0.15, 0.2) is 0 Å². The normalized spacial score (nSPS) is 19.5. The Hall–Kier alpha value is -0.0800. The summed E-state index contributed by atoms with van der Waals surface area (Å²) in [6.45, 7) is 9.78. The fourth-order valence-electron chi connectivity index (χ4n) is 2.52. The van der Waals surface area contributed by atoms with Crippen LogP contribution in [-0.4, -0.2) is 25.3 Å². The van der Waals surface area contributed by atoms with Crippen molar-refractivity contribution in [3.05, 3.63) is 0 Å². The maximum absolute atomic E-state index is 6.18. The monoisotopic (exact) mass is 227 g/mol. The first-order valence-electron chi connectivity index (χ1n) is 7.03. The summed E-state index contributed by atoms with van der Waals surface area (Å²) in [6.07, 6.45) is 7.69. The molecule has 0 spiro atoms. The fourth-order valence-corrected chi connectivity index (χ4v) is 2.52. The predicted octanol–water partition coefficient (Wildman–Crippen LogP) is 3.36. The topological polar surface area (TPSA) is 21.3 Å². The Kier molecular flexibility index (Phi) is 6.37. The molecule has 0 unspecified atom stereocenters. The minimum absolute atomic E-state index is 0.174. The summed E-state index contributed by atoms with van der Waals surface area (Å²) >= 11 is 0. The minimum Gasteiger partial charge on any atom is -0.374 e. The lowest BCUT2D eigenvalue weighted by atomic mass is 10.0. The lowest BCUT2D eigenvalue weighted by Crippen LogP contribution is -2.41. The molecule has 96 valence electrons. The predicted molar refractivity (Wildman–Crippen MR) is 69.8 cm³/mol. The zero-order valence-electron chi connectivity index (χ0n) is 11.3. The maximum atomic E-state index is 6.18. The van der Waals surface area contributed by atoms with E-state index in [1.807, 2.05) is 0 Å². The van der Waals surface area contributed by atoms with Crippen LogP contribution in [0.2, 0.25) is 0 Å². The van der Waals surface area contributed by atoms with Crippen LogP contribution >= 0.6 is 0 Å². The number of hydrogen-bond donors (Lipinski definition) is 1. The number of rotatable bonds is 8. The molecule has 1 saturated carbocycles. The molecule has 2 nitrogen and oxygen atoms in total. The van der Waals surface area contributed by atoms with Crippen molar-refractivity contribution in [3.8, 4) is 0 Å². The fraction of sp³-hybridized carbons (Fsp3) is 1.00. The van der Waals surface area contributed by atoms with Crippen molar-refractivity contribution in [2.24, 2.45) is 5.92 Å². The van der Waals surface area contributed by atoms with Crippen molar-refractivity contribution in [1.82, 2.24) is 5.32 Å². The van der Waals surface area contributed by atoms with E-state index in [-0.39, 0.29) is 5.60 Å². The Balaban J connectivity index is 2.22. The van der Waals surface area contributed by atoms with E-state index in [1.165, 1.54) is 38.5 Å². The van der Waals surface area contributed by atoms with Gasteiger partial charge in [-0.15, -0.1) is 0 Å². The molecule has 0 atom stereocenters. The first kappa shape index (κ1) is 14.0. The van der Waals surface area contributed by atoms with Crippen molar-refractivity contribution < 1.29 is 4.74 Å². The third kappa shape index (κ3) is 4.84. The van der Waals surface area contributed by atoms with Gasteiger partial charge in [0.1, 0.15) is 0 Å². The minimum atomic E-state index is 0.174. The van der Waals surface area contributed by atoms with E-state index in [2.05, 4.69) is 26.1 Å². The van der Waals surface area contributed by atoms with Gasteiger partial charge in [0.05, 0.1) is 5.60 Å². The van der Waals surface area contributed by atoms with E-state index >= 15 is 0 Å². The molecule has 0 aromatic rings. The first-order chi connectivity index (χ1) is 7.68. The lowest BCUT2D eigenvalue weighted by molar-refractivity contribution is -0.0411. The van der Waals surface area contributed by atoms with Gasteiger partial charge < -0.3 is 10.1 Å². The van der Waals surface area contributed by atoms with Crippen molar-refractivity contribution >= 4 is 0 Å². The van der Waals surface area contributed by atoms with Gasteiger partial charge in [-0.2, -0.15) is 0 Å². The lowest BCUT2D eigenvalue weighted by Gasteiger charge is -2.30. The molecule has 0 radical (unpaired) electrons. The Morgan fingerprint density at radius 3 is 2.50 bits per heavy atom. The molecule has 0 bridgehead atoms. The molecule has 0 heterocycles. The zero-order chi connectivity index (χ0) is 11.9. The molecule has 1 aliphatic carbocycles. The van der Waals surface area contributed by atoms with Gasteiger partial charge in [-0.05, 0) is 38.1 Å². The highest BCUT2D eigenvalue weighted by molar-refractivity contribution is 4.88. The van der Waals surface area contributed by atoms with E-state index in [4.69, 9.17) is 4.74 Å². The number of likely N-dealkylation sites (N-methyl/N-ethyl adjacent to an activating group) is 1. The van der Waals surface area contributed by atoms with Gasteiger partial charge in [0.2, 0.25) is 0 Å². The largest absolute Gasteiger partial charge is 0.374 e. The number of ether oxygens (including phenoxy) is 1. The second-order valence-electron chi connectivity index (χ2n) is 5.55. The molecule has 0 amide bonds. The summed E-state index contributed by atoms with van der Waals surface area (Å²) in [7, 11) is 0. The van der Waals surface area contributed by atoms with Crippen LogP contribution < -0.4 is 5.32 Å². The van der Waals surface area contributed by atoms with Crippen LogP contribution in [0.15, 0.2) is 0 Å². The van der Waals surface area contributed by atoms with Crippen molar-refractivity contribution in [2.75, 3.05) is 19.7 Å². The molecule has 1 aliphatic rings. The molecular weight excluding hydrogens is 198 g/mol. The quantitative estimate of drug-likeness (QED) is 0.642. The van der Waals surface area contributed by atoms with Crippen LogP contribution in [0.4, 0.5) is 0 Å². The highest BCUT2D eigenvalue weighted by atomic mass is 16.5. The first-order valence-corrected chi connectivity index (χ1v) is 7.03. The van der Waals surface area contributed by atoms with Gasteiger partial charge in [0, 0.05) is 13.2 Å². The van der Waals surface area contributed by atoms with Gasteiger partial charge in [-0.1, -0.05) is 33.6 Å². The number of nitrogens with one attached hydrogen (secondary N) is 1. The summed E-state index contributed by atoms with van der Waals surface area (Å²) < 4.78 is 6.18. The zero-order valence-corrected chi connectivity index (χ0v) is 11.3. The third-order valence-electron chi connectivity index (χ3n) is 3.55. The van der Waals surface area contributed by atoms with Crippen molar-refractivity contribution in [2.45, 2.75) is 64.9 Å². The SMILES string of the molecule is CCNCC1(OCCCC(C)C)CCCC1. The third-order valence-corrected chi connectivity index (χ3v) is 3.55. The second kappa shape index (κ2) is 7.29. The van der Waals surface area contributed by atoms with Crippen molar-refractivity contribution in [3.63, 3.8) is 0 Å². The van der Waals surface area contributed by atoms with E-state index in [0.717, 1.165) is 25.6 Å². The van der Waals surface area contributed by atoms with Crippen LogP contribution in [0, 0.1) is 5.92 Å². The summed E-state index contributed by atoms with van der Waals surface area (Å²) in [5.74, 6) is 0.803. The van der Waals surface area contributed by atoms with Crippen LogP contribution in [0.3, 0.4) is 0 Å².